The Morgan fingerprint density at radius 2 is 2.07 bits per heavy atom. The molecule has 0 fully saturated rings. The van der Waals surface area contributed by atoms with Crippen molar-refractivity contribution in [3.63, 3.8) is 0 Å². The molecule has 1 atom stereocenters. The van der Waals surface area contributed by atoms with Crippen molar-refractivity contribution in [1.29, 1.82) is 0 Å². The Bertz CT molecular complexity index is 808. The van der Waals surface area contributed by atoms with Crippen molar-refractivity contribution in [1.82, 2.24) is 5.43 Å². The first kappa shape index (κ1) is 19.6. The molecule has 144 valence electrons. The standard InChI is InChI=1S/C22H28N2O2S/c1-4-12-26-19-9-7-17(8-10-19)15(3)23-24-22(25)21-14-18-13-16(5-2)6-11-20(18)27-21/h7-10,14,16H,4-6,11-13H2,1-3H3,(H,24,25)/b23-15-/t16-/m1/s1. The van der Waals surface area contributed by atoms with Crippen molar-refractivity contribution in [3.8, 4) is 5.75 Å². The highest BCUT2D eigenvalue weighted by Crippen LogP contribution is 2.33. The predicted octanol–water partition coefficient (Wildman–Crippen LogP) is 5.21. The van der Waals surface area contributed by atoms with Crippen molar-refractivity contribution in [2.45, 2.75) is 52.9 Å². The molecule has 4 nitrogen and oxygen atoms in total. The fraction of sp³-hybridized carbons (Fsp3) is 0.455. The van der Waals surface area contributed by atoms with Crippen LogP contribution in [0.15, 0.2) is 35.4 Å². The average molecular weight is 385 g/mol. The third-order valence-corrected chi connectivity index (χ3v) is 6.29. The van der Waals surface area contributed by atoms with E-state index in [1.54, 1.807) is 11.3 Å². The minimum absolute atomic E-state index is 0.121. The highest BCUT2D eigenvalue weighted by Gasteiger charge is 2.21. The maximum Gasteiger partial charge on any atom is 0.281 e. The summed E-state index contributed by atoms with van der Waals surface area (Å²) in [7, 11) is 0. The monoisotopic (exact) mass is 384 g/mol. The summed E-state index contributed by atoms with van der Waals surface area (Å²) in [6, 6.07) is 9.85. The maximum atomic E-state index is 12.5. The van der Waals surface area contributed by atoms with E-state index in [1.165, 1.54) is 23.3 Å². The number of hydrogen-bond acceptors (Lipinski definition) is 4. The van der Waals surface area contributed by atoms with Gasteiger partial charge in [0.05, 0.1) is 17.2 Å². The molecule has 27 heavy (non-hydrogen) atoms. The average Bonchev–Trinajstić information content (AvgIpc) is 3.13. The number of nitrogens with one attached hydrogen (secondary N) is 1. The van der Waals surface area contributed by atoms with Crippen LogP contribution < -0.4 is 10.2 Å². The van der Waals surface area contributed by atoms with Crippen LogP contribution in [-0.4, -0.2) is 18.2 Å². The van der Waals surface area contributed by atoms with Crippen molar-refractivity contribution < 1.29 is 9.53 Å². The molecule has 1 aliphatic carbocycles. The number of fused-ring (bicyclic) bond motifs is 1. The van der Waals surface area contributed by atoms with Crippen molar-refractivity contribution in [2.24, 2.45) is 11.0 Å². The molecule has 5 heteroatoms. The van der Waals surface area contributed by atoms with E-state index >= 15 is 0 Å². The van der Waals surface area contributed by atoms with Crippen molar-refractivity contribution in [2.75, 3.05) is 6.61 Å². The number of carbonyl (C=O) groups is 1. The minimum atomic E-state index is -0.121. The van der Waals surface area contributed by atoms with Gasteiger partial charge in [-0.05, 0) is 80.0 Å². The van der Waals surface area contributed by atoms with E-state index in [2.05, 4.69) is 30.4 Å². The lowest BCUT2D eigenvalue weighted by Gasteiger charge is -2.19. The quantitative estimate of drug-likeness (QED) is 0.526. The lowest BCUT2D eigenvalue weighted by Crippen LogP contribution is -2.18. The van der Waals surface area contributed by atoms with E-state index in [0.717, 1.165) is 47.1 Å². The second-order valence-corrected chi connectivity index (χ2v) is 8.22. The first-order valence-electron chi connectivity index (χ1n) is 9.80. The Kier molecular flexibility index (Phi) is 6.67. The van der Waals surface area contributed by atoms with Crippen LogP contribution in [0.1, 0.15) is 65.7 Å². The Hall–Kier alpha value is -2.14. The second-order valence-electron chi connectivity index (χ2n) is 7.09. The Morgan fingerprint density at radius 3 is 2.78 bits per heavy atom. The van der Waals surface area contributed by atoms with E-state index in [4.69, 9.17) is 4.74 Å². The zero-order valence-electron chi connectivity index (χ0n) is 16.4. The van der Waals surface area contributed by atoms with Gasteiger partial charge in [0.2, 0.25) is 0 Å². The molecule has 0 radical (unpaired) electrons. The number of nitrogens with zero attached hydrogens (tertiary/aromatic N) is 1. The highest BCUT2D eigenvalue weighted by molar-refractivity contribution is 7.14. The van der Waals surface area contributed by atoms with Crippen molar-refractivity contribution in [3.05, 3.63) is 51.2 Å². The van der Waals surface area contributed by atoms with Crippen LogP contribution in [0.25, 0.3) is 0 Å². The summed E-state index contributed by atoms with van der Waals surface area (Å²) in [5.41, 5.74) is 5.81. The predicted molar refractivity (Wildman–Crippen MR) is 112 cm³/mol. The van der Waals surface area contributed by atoms with E-state index in [1.807, 2.05) is 31.2 Å². The van der Waals surface area contributed by atoms with Gasteiger partial charge in [-0.25, -0.2) is 5.43 Å². The fourth-order valence-corrected chi connectivity index (χ4v) is 4.42. The van der Waals surface area contributed by atoms with E-state index in [0.29, 0.717) is 6.61 Å². The third kappa shape index (κ3) is 4.98. The summed E-state index contributed by atoms with van der Waals surface area (Å²) in [5, 5.41) is 4.28. The zero-order valence-corrected chi connectivity index (χ0v) is 17.2. The molecule has 0 aliphatic heterocycles. The number of carbonyl (C=O) groups excluding carboxylic acids is 1. The van der Waals surface area contributed by atoms with E-state index in [9.17, 15) is 4.79 Å². The number of hydrazone groups is 1. The molecule has 1 N–H and O–H groups in total. The molecule has 0 unspecified atom stereocenters. The Morgan fingerprint density at radius 1 is 1.30 bits per heavy atom. The second kappa shape index (κ2) is 9.18. The van der Waals surface area contributed by atoms with Crippen LogP contribution in [0.4, 0.5) is 0 Å². The van der Waals surface area contributed by atoms with Gasteiger partial charge in [0.1, 0.15) is 5.75 Å². The minimum Gasteiger partial charge on any atom is -0.494 e. The molecular formula is C22H28N2O2S. The maximum absolute atomic E-state index is 12.5. The van der Waals surface area contributed by atoms with Crippen LogP contribution in [-0.2, 0) is 12.8 Å². The van der Waals surface area contributed by atoms with Crippen LogP contribution in [0, 0.1) is 5.92 Å². The summed E-state index contributed by atoms with van der Waals surface area (Å²) in [4.78, 5) is 14.6. The van der Waals surface area contributed by atoms with Gasteiger partial charge in [-0.1, -0.05) is 20.3 Å². The van der Waals surface area contributed by atoms with Crippen LogP contribution in [0.3, 0.4) is 0 Å². The number of amides is 1. The number of benzene rings is 1. The van der Waals surface area contributed by atoms with Gasteiger partial charge in [-0.15, -0.1) is 11.3 Å². The zero-order chi connectivity index (χ0) is 19.2. The molecule has 1 amide bonds. The molecule has 0 saturated carbocycles. The Balaban J connectivity index is 1.62. The van der Waals surface area contributed by atoms with Gasteiger partial charge < -0.3 is 4.74 Å². The molecular weight excluding hydrogens is 356 g/mol. The Labute approximate surface area is 165 Å². The summed E-state index contributed by atoms with van der Waals surface area (Å²) >= 11 is 1.62. The number of rotatable bonds is 7. The first-order valence-corrected chi connectivity index (χ1v) is 10.6. The van der Waals surface area contributed by atoms with Gasteiger partial charge in [0, 0.05) is 4.88 Å². The molecule has 0 saturated heterocycles. The van der Waals surface area contributed by atoms with Crippen LogP contribution in [0.5, 0.6) is 5.75 Å². The van der Waals surface area contributed by atoms with Gasteiger partial charge >= 0.3 is 0 Å². The summed E-state index contributed by atoms with van der Waals surface area (Å²) in [6.07, 6.45) is 5.63. The molecule has 1 heterocycles. The third-order valence-electron chi connectivity index (χ3n) is 5.06. The number of ether oxygens (including phenoxy) is 1. The van der Waals surface area contributed by atoms with Gasteiger partial charge in [0.25, 0.3) is 5.91 Å². The molecule has 0 spiro atoms. The topological polar surface area (TPSA) is 50.7 Å². The molecule has 1 aromatic heterocycles. The van der Waals surface area contributed by atoms with Crippen LogP contribution >= 0.6 is 11.3 Å². The smallest absolute Gasteiger partial charge is 0.281 e. The SMILES string of the molecule is CCCOc1ccc(/C(C)=N\NC(=O)c2cc3c(s2)CC[C@@H](CC)C3)cc1. The summed E-state index contributed by atoms with van der Waals surface area (Å²) < 4.78 is 5.59. The lowest BCUT2D eigenvalue weighted by molar-refractivity contribution is 0.0959. The number of hydrogen-bond donors (Lipinski definition) is 1. The van der Waals surface area contributed by atoms with Gasteiger partial charge in [0.15, 0.2) is 0 Å². The molecule has 0 bridgehead atoms. The normalized spacial score (nSPS) is 16.7. The van der Waals surface area contributed by atoms with Crippen molar-refractivity contribution >= 4 is 23.0 Å². The van der Waals surface area contributed by atoms with E-state index < -0.39 is 0 Å². The summed E-state index contributed by atoms with van der Waals surface area (Å²) in [5.74, 6) is 1.49. The van der Waals surface area contributed by atoms with Crippen LogP contribution in [0.2, 0.25) is 0 Å². The number of aryl methyl sites for hydroxylation is 1. The number of thiophene rings is 1. The summed E-state index contributed by atoms with van der Waals surface area (Å²) in [6.45, 7) is 6.94. The van der Waals surface area contributed by atoms with Gasteiger partial charge in [-0.3, -0.25) is 4.79 Å². The molecule has 1 aliphatic rings. The lowest BCUT2D eigenvalue weighted by atomic mass is 9.87. The molecule has 1 aromatic carbocycles. The fourth-order valence-electron chi connectivity index (χ4n) is 3.33. The largest absolute Gasteiger partial charge is 0.494 e. The molecule has 2 aromatic rings. The molecule has 3 rings (SSSR count). The first-order chi connectivity index (χ1) is 13.1. The van der Waals surface area contributed by atoms with E-state index in [-0.39, 0.29) is 5.91 Å². The van der Waals surface area contributed by atoms with Gasteiger partial charge in [-0.2, -0.15) is 5.10 Å². The highest BCUT2D eigenvalue weighted by atomic mass is 32.1.